The zero-order valence-corrected chi connectivity index (χ0v) is 16.0. The number of carbonyl (C=O) groups excluding carboxylic acids is 1. The van der Waals surface area contributed by atoms with Crippen LogP contribution in [0.15, 0.2) is 83.8 Å². The van der Waals surface area contributed by atoms with E-state index in [4.69, 9.17) is 0 Å². The molecule has 5 nitrogen and oxygen atoms in total. The van der Waals surface area contributed by atoms with E-state index in [1.807, 2.05) is 42.5 Å². The Morgan fingerprint density at radius 1 is 0.857 bits per heavy atom. The minimum atomic E-state index is -3.64. The minimum Gasteiger partial charge on any atom is -0.334 e. The van der Waals surface area contributed by atoms with Crippen molar-refractivity contribution in [2.24, 2.45) is 0 Å². The van der Waals surface area contributed by atoms with Crippen molar-refractivity contribution < 1.29 is 13.2 Å². The molecule has 0 aliphatic carbocycles. The van der Waals surface area contributed by atoms with Gasteiger partial charge in [-0.2, -0.15) is 0 Å². The predicted octanol–water partition coefficient (Wildman–Crippen LogP) is 3.69. The molecule has 0 unspecified atom stereocenters. The van der Waals surface area contributed by atoms with E-state index in [0.717, 1.165) is 17.5 Å². The summed E-state index contributed by atoms with van der Waals surface area (Å²) in [6.07, 6.45) is 0.750. The van der Waals surface area contributed by atoms with Gasteiger partial charge in [0, 0.05) is 24.3 Å². The molecule has 28 heavy (non-hydrogen) atoms. The fourth-order valence-electron chi connectivity index (χ4n) is 3.37. The number of hydrogen-bond acceptors (Lipinski definition) is 3. The van der Waals surface area contributed by atoms with Crippen LogP contribution in [0.4, 0.5) is 5.69 Å². The quantitative estimate of drug-likeness (QED) is 0.736. The van der Waals surface area contributed by atoms with E-state index in [-0.39, 0.29) is 10.8 Å². The third kappa shape index (κ3) is 3.77. The Hall–Kier alpha value is -3.12. The second kappa shape index (κ2) is 7.48. The first kappa shape index (κ1) is 18.3. The van der Waals surface area contributed by atoms with Gasteiger partial charge in [0.1, 0.15) is 0 Å². The van der Waals surface area contributed by atoms with Crippen molar-refractivity contribution in [2.75, 3.05) is 11.3 Å². The first-order valence-corrected chi connectivity index (χ1v) is 10.6. The Kier molecular flexibility index (Phi) is 4.88. The molecule has 1 amide bonds. The third-order valence-electron chi connectivity index (χ3n) is 4.83. The Balaban J connectivity index is 1.55. The molecule has 1 aliphatic heterocycles. The van der Waals surface area contributed by atoms with Gasteiger partial charge in [0.2, 0.25) is 0 Å². The molecule has 0 saturated carbocycles. The molecule has 142 valence electrons. The standard InChI is InChI=1S/C22H20N2O3S/c25-22(18-7-3-1-4-8-18)24-14-13-17-11-12-20(15-19(17)16-24)23-28(26,27)21-9-5-2-6-10-21/h1-12,15,23H,13-14,16H2. The summed E-state index contributed by atoms with van der Waals surface area (Å²) in [5, 5.41) is 0. The summed E-state index contributed by atoms with van der Waals surface area (Å²) < 4.78 is 27.7. The summed E-state index contributed by atoms with van der Waals surface area (Å²) in [5.74, 6) is -0.0125. The molecule has 0 saturated heterocycles. The van der Waals surface area contributed by atoms with Gasteiger partial charge >= 0.3 is 0 Å². The molecular weight excluding hydrogens is 372 g/mol. The Morgan fingerprint density at radius 3 is 2.25 bits per heavy atom. The topological polar surface area (TPSA) is 66.5 Å². The fourth-order valence-corrected chi connectivity index (χ4v) is 4.44. The van der Waals surface area contributed by atoms with E-state index >= 15 is 0 Å². The number of carbonyl (C=O) groups is 1. The van der Waals surface area contributed by atoms with Crippen molar-refractivity contribution in [3.63, 3.8) is 0 Å². The molecule has 0 spiro atoms. The molecule has 0 bridgehead atoms. The van der Waals surface area contributed by atoms with Crippen LogP contribution in [0.3, 0.4) is 0 Å². The molecule has 4 rings (SSSR count). The van der Waals surface area contributed by atoms with Gasteiger partial charge in [0.25, 0.3) is 15.9 Å². The lowest BCUT2D eigenvalue weighted by molar-refractivity contribution is 0.0734. The van der Waals surface area contributed by atoms with Gasteiger partial charge in [0.05, 0.1) is 4.90 Å². The maximum atomic E-state index is 12.7. The smallest absolute Gasteiger partial charge is 0.261 e. The van der Waals surface area contributed by atoms with E-state index in [1.54, 1.807) is 41.3 Å². The van der Waals surface area contributed by atoms with Gasteiger partial charge in [-0.1, -0.05) is 42.5 Å². The molecule has 3 aromatic rings. The number of fused-ring (bicyclic) bond motifs is 1. The second-order valence-electron chi connectivity index (χ2n) is 6.74. The van der Waals surface area contributed by atoms with Gasteiger partial charge in [-0.3, -0.25) is 9.52 Å². The molecule has 1 N–H and O–H groups in total. The SMILES string of the molecule is O=C(c1ccccc1)N1CCc2ccc(NS(=O)(=O)c3ccccc3)cc2C1. The van der Waals surface area contributed by atoms with E-state index in [1.165, 1.54) is 0 Å². The van der Waals surface area contributed by atoms with Crippen LogP contribution in [0.25, 0.3) is 0 Å². The van der Waals surface area contributed by atoms with E-state index in [9.17, 15) is 13.2 Å². The highest BCUT2D eigenvalue weighted by atomic mass is 32.2. The molecule has 0 fully saturated rings. The van der Waals surface area contributed by atoms with E-state index < -0.39 is 10.0 Å². The second-order valence-corrected chi connectivity index (χ2v) is 8.43. The highest BCUT2D eigenvalue weighted by Gasteiger charge is 2.22. The normalized spacial score (nSPS) is 13.6. The molecule has 0 radical (unpaired) electrons. The van der Waals surface area contributed by atoms with Gasteiger partial charge < -0.3 is 4.90 Å². The van der Waals surface area contributed by atoms with Crippen molar-refractivity contribution in [2.45, 2.75) is 17.9 Å². The molecule has 3 aromatic carbocycles. The number of anilines is 1. The Morgan fingerprint density at radius 2 is 1.54 bits per heavy atom. The first-order chi connectivity index (χ1) is 13.5. The van der Waals surface area contributed by atoms with Crippen LogP contribution in [0.5, 0.6) is 0 Å². The van der Waals surface area contributed by atoms with Crippen LogP contribution in [0, 0.1) is 0 Å². The number of rotatable bonds is 4. The summed E-state index contributed by atoms with van der Waals surface area (Å²) in [5.41, 5.74) is 3.26. The third-order valence-corrected chi connectivity index (χ3v) is 6.23. The van der Waals surface area contributed by atoms with Crippen LogP contribution in [0.2, 0.25) is 0 Å². The number of benzene rings is 3. The van der Waals surface area contributed by atoms with E-state index in [2.05, 4.69) is 4.72 Å². The fraction of sp³-hybridized carbons (Fsp3) is 0.136. The molecule has 1 heterocycles. The maximum absolute atomic E-state index is 12.7. The lowest BCUT2D eigenvalue weighted by Gasteiger charge is -2.29. The lowest BCUT2D eigenvalue weighted by Crippen LogP contribution is -2.36. The summed E-state index contributed by atoms with van der Waals surface area (Å²) in [6, 6.07) is 23.0. The van der Waals surface area contributed by atoms with Crippen molar-refractivity contribution in [1.82, 2.24) is 4.90 Å². The van der Waals surface area contributed by atoms with Crippen molar-refractivity contribution in [1.29, 1.82) is 0 Å². The molecule has 0 aromatic heterocycles. The Bertz CT molecular complexity index is 1100. The van der Waals surface area contributed by atoms with Gasteiger partial charge in [-0.05, 0) is 53.9 Å². The molecule has 6 heteroatoms. The minimum absolute atomic E-state index is 0.0125. The molecular formula is C22H20N2O3S. The Labute approximate surface area is 164 Å². The average Bonchev–Trinajstić information content (AvgIpc) is 2.73. The van der Waals surface area contributed by atoms with Crippen LogP contribution in [-0.2, 0) is 23.0 Å². The largest absolute Gasteiger partial charge is 0.334 e. The van der Waals surface area contributed by atoms with Crippen LogP contribution < -0.4 is 4.72 Å². The van der Waals surface area contributed by atoms with Crippen LogP contribution >= 0.6 is 0 Å². The monoisotopic (exact) mass is 392 g/mol. The van der Waals surface area contributed by atoms with Crippen molar-refractivity contribution in [3.8, 4) is 0 Å². The summed E-state index contributed by atoms with van der Waals surface area (Å²) in [7, 11) is -3.64. The van der Waals surface area contributed by atoms with Crippen molar-refractivity contribution >= 4 is 21.6 Å². The highest BCUT2D eigenvalue weighted by molar-refractivity contribution is 7.92. The number of amides is 1. The summed E-state index contributed by atoms with van der Waals surface area (Å²) in [4.78, 5) is 14.7. The number of sulfonamides is 1. The zero-order valence-electron chi connectivity index (χ0n) is 15.2. The van der Waals surface area contributed by atoms with Gasteiger partial charge in [-0.15, -0.1) is 0 Å². The number of nitrogens with one attached hydrogen (secondary N) is 1. The highest BCUT2D eigenvalue weighted by Crippen LogP contribution is 2.25. The first-order valence-electron chi connectivity index (χ1n) is 9.07. The number of nitrogens with zero attached hydrogens (tertiary/aromatic N) is 1. The lowest BCUT2D eigenvalue weighted by atomic mass is 9.98. The number of hydrogen-bond donors (Lipinski definition) is 1. The summed E-state index contributed by atoms with van der Waals surface area (Å²) >= 11 is 0. The van der Waals surface area contributed by atoms with Crippen LogP contribution in [0.1, 0.15) is 21.5 Å². The average molecular weight is 392 g/mol. The zero-order chi connectivity index (χ0) is 19.6. The van der Waals surface area contributed by atoms with Gasteiger partial charge in [-0.25, -0.2) is 8.42 Å². The molecule has 0 atom stereocenters. The maximum Gasteiger partial charge on any atom is 0.261 e. The molecule has 1 aliphatic rings. The van der Waals surface area contributed by atoms with Crippen LogP contribution in [-0.4, -0.2) is 25.8 Å². The van der Waals surface area contributed by atoms with Crippen molar-refractivity contribution in [3.05, 3.63) is 95.6 Å². The van der Waals surface area contributed by atoms with E-state index in [0.29, 0.717) is 24.3 Å². The van der Waals surface area contributed by atoms with Gasteiger partial charge in [0.15, 0.2) is 0 Å². The predicted molar refractivity (Wildman–Crippen MR) is 109 cm³/mol. The summed E-state index contributed by atoms with van der Waals surface area (Å²) in [6.45, 7) is 1.11.